The highest BCUT2D eigenvalue weighted by Gasteiger charge is 2.44. The second-order valence-electron chi connectivity index (χ2n) is 10.4. The molecule has 3 fully saturated rings. The monoisotopic (exact) mass is 592 g/mol. The molecule has 0 spiro atoms. The third-order valence-corrected chi connectivity index (χ3v) is 9.09. The number of alkyl carbamates (subject to hydrolysis) is 1. The van der Waals surface area contributed by atoms with Crippen LogP contribution < -0.4 is 5.32 Å². The molecule has 0 aliphatic carbocycles. The van der Waals surface area contributed by atoms with E-state index in [9.17, 15) is 23.4 Å². The van der Waals surface area contributed by atoms with Gasteiger partial charge in [0.05, 0.1) is 48.8 Å². The Morgan fingerprint density at radius 3 is 2.59 bits per heavy atom. The molecule has 0 bridgehead atoms. The summed E-state index contributed by atoms with van der Waals surface area (Å²) < 4.78 is 50.1. The predicted octanol–water partition coefficient (Wildman–Crippen LogP) is 1.95. The lowest BCUT2D eigenvalue weighted by Crippen LogP contribution is -2.52. The molecule has 3 aliphatic heterocycles. The molecule has 3 N–H and O–H groups in total. The number of hydroxylamine groups is 1. The fraction of sp³-hybridized carbons (Fsp3) is 0.536. The fourth-order valence-electron chi connectivity index (χ4n) is 5.21. The van der Waals surface area contributed by atoms with Crippen molar-refractivity contribution in [1.82, 2.24) is 9.79 Å². The third-order valence-electron chi connectivity index (χ3n) is 7.46. The number of carbonyl (C=O) groups is 1. The number of phenolic OH excluding ortho intramolecular Hbond substituents is 1. The van der Waals surface area contributed by atoms with E-state index >= 15 is 0 Å². The van der Waals surface area contributed by atoms with E-state index in [1.807, 2.05) is 30.3 Å². The number of fused-ring (bicyclic) bond motifs is 1. The Balaban J connectivity index is 1.34. The van der Waals surface area contributed by atoms with E-state index in [0.717, 1.165) is 16.1 Å². The van der Waals surface area contributed by atoms with Crippen LogP contribution in [-0.2, 0) is 40.2 Å². The average Bonchev–Trinajstić information content (AvgIpc) is 3.59. The van der Waals surface area contributed by atoms with Crippen LogP contribution in [0.5, 0.6) is 5.75 Å². The minimum Gasteiger partial charge on any atom is -0.508 e. The van der Waals surface area contributed by atoms with Gasteiger partial charge in [0, 0.05) is 13.2 Å². The largest absolute Gasteiger partial charge is 0.508 e. The first-order chi connectivity index (χ1) is 19.8. The number of nitrogens with one attached hydrogen (secondary N) is 1. The van der Waals surface area contributed by atoms with Gasteiger partial charge in [-0.15, -0.1) is 0 Å². The molecule has 2 aromatic carbocycles. The molecule has 0 radical (unpaired) electrons. The van der Waals surface area contributed by atoms with Gasteiger partial charge in [0.25, 0.3) is 10.0 Å². The second-order valence-corrected chi connectivity index (χ2v) is 12.2. The van der Waals surface area contributed by atoms with Crippen LogP contribution in [0.3, 0.4) is 0 Å². The van der Waals surface area contributed by atoms with E-state index in [1.54, 1.807) is 0 Å². The summed E-state index contributed by atoms with van der Waals surface area (Å²) in [6, 6.07) is 13.5. The molecule has 41 heavy (non-hydrogen) atoms. The lowest BCUT2D eigenvalue weighted by molar-refractivity contribution is -0.170. The maximum atomic E-state index is 13.6. The minimum absolute atomic E-state index is 0.0611. The number of phenols is 1. The molecule has 3 saturated heterocycles. The standard InChI is InChI=1S/C28H36N2O10S/c31-20-7-4-8-22(16-20)41(34,35)30(40-21-9-12-36-13-10-21)17-25(32)24(15-19-5-2-1-3-6-19)29-28(33)39-26-18-38-27-23(26)11-14-37-27/h1-8,16,21,23-27,31-32H,9-15,17-18H2,(H,29,33)/t23-,24?,25?,26-,27+/m0/s1. The Kier molecular flexibility index (Phi) is 9.75. The normalized spacial score (nSPS) is 24.6. The summed E-state index contributed by atoms with van der Waals surface area (Å²) >= 11 is 0. The van der Waals surface area contributed by atoms with Crippen molar-refractivity contribution in [2.75, 3.05) is 33.0 Å². The van der Waals surface area contributed by atoms with E-state index < -0.39 is 53.3 Å². The highest BCUT2D eigenvalue weighted by atomic mass is 32.2. The minimum atomic E-state index is -4.31. The van der Waals surface area contributed by atoms with Crippen molar-refractivity contribution in [2.24, 2.45) is 5.92 Å². The van der Waals surface area contributed by atoms with Crippen molar-refractivity contribution in [3.63, 3.8) is 0 Å². The summed E-state index contributed by atoms with van der Waals surface area (Å²) in [6.07, 6.45) is -1.64. The van der Waals surface area contributed by atoms with E-state index in [4.69, 9.17) is 23.8 Å². The van der Waals surface area contributed by atoms with Crippen molar-refractivity contribution in [3.05, 3.63) is 60.2 Å². The average molecular weight is 593 g/mol. The second kappa shape index (κ2) is 13.5. The summed E-state index contributed by atoms with van der Waals surface area (Å²) in [6.45, 7) is 1.08. The van der Waals surface area contributed by atoms with Crippen LogP contribution in [0.15, 0.2) is 59.5 Å². The molecule has 0 saturated carbocycles. The number of amides is 1. The fourth-order valence-corrected chi connectivity index (χ4v) is 6.55. The molecule has 5 rings (SSSR count). The zero-order valence-corrected chi connectivity index (χ0v) is 23.4. The van der Waals surface area contributed by atoms with Crippen LogP contribution in [0.2, 0.25) is 0 Å². The topological polar surface area (TPSA) is 153 Å². The Labute approximate surface area is 239 Å². The molecule has 5 atom stereocenters. The number of benzene rings is 2. The Bertz CT molecular complexity index is 1260. The summed E-state index contributed by atoms with van der Waals surface area (Å²) in [5.41, 5.74) is 0.818. The maximum Gasteiger partial charge on any atom is 0.407 e. The van der Waals surface area contributed by atoms with E-state index in [-0.39, 0.29) is 29.6 Å². The van der Waals surface area contributed by atoms with Crippen LogP contribution in [0.4, 0.5) is 4.79 Å². The molecular formula is C28H36N2O10S. The Hall–Kier alpha value is -2.78. The van der Waals surface area contributed by atoms with E-state index in [1.165, 1.54) is 18.2 Å². The number of hydrogen-bond donors (Lipinski definition) is 3. The number of rotatable bonds is 11. The van der Waals surface area contributed by atoms with Crippen molar-refractivity contribution >= 4 is 16.1 Å². The van der Waals surface area contributed by atoms with Crippen molar-refractivity contribution in [3.8, 4) is 5.75 Å². The first-order valence-electron chi connectivity index (χ1n) is 13.8. The number of aliphatic hydroxyl groups is 1. The third kappa shape index (κ3) is 7.55. The molecule has 12 nitrogen and oxygen atoms in total. The van der Waals surface area contributed by atoms with Crippen LogP contribution >= 0.6 is 0 Å². The van der Waals surface area contributed by atoms with Crippen LogP contribution in [0.25, 0.3) is 0 Å². The van der Waals surface area contributed by atoms with Gasteiger partial charge in [0.1, 0.15) is 11.9 Å². The lowest BCUT2D eigenvalue weighted by Gasteiger charge is -2.32. The van der Waals surface area contributed by atoms with Crippen LogP contribution in [0, 0.1) is 5.92 Å². The SMILES string of the molecule is O=C(NC(Cc1ccccc1)C(O)CN(OC1CCOCC1)S(=O)(=O)c1cccc(O)c1)O[C@H]1CO[C@H]2OCC[C@H]21. The van der Waals surface area contributed by atoms with Gasteiger partial charge >= 0.3 is 6.09 Å². The molecule has 13 heteroatoms. The molecule has 3 heterocycles. The first-order valence-corrected chi connectivity index (χ1v) is 15.2. The summed E-state index contributed by atoms with van der Waals surface area (Å²) in [5.74, 6) is -0.288. The molecule has 2 unspecified atom stereocenters. The van der Waals surface area contributed by atoms with Gasteiger partial charge in [-0.3, -0.25) is 4.84 Å². The first kappa shape index (κ1) is 29.7. The number of aliphatic hydroxyl groups excluding tert-OH is 1. The highest BCUT2D eigenvalue weighted by molar-refractivity contribution is 7.89. The predicted molar refractivity (Wildman–Crippen MR) is 144 cm³/mol. The Morgan fingerprint density at radius 2 is 1.83 bits per heavy atom. The number of ether oxygens (including phenoxy) is 4. The van der Waals surface area contributed by atoms with Gasteiger partial charge in [-0.05, 0) is 49.4 Å². The molecule has 3 aliphatic rings. The molecule has 0 aromatic heterocycles. The number of hydrogen-bond acceptors (Lipinski definition) is 10. The van der Waals surface area contributed by atoms with E-state index in [2.05, 4.69) is 5.32 Å². The van der Waals surface area contributed by atoms with Crippen LogP contribution in [-0.4, -0.2) is 92.8 Å². The smallest absolute Gasteiger partial charge is 0.407 e. The lowest BCUT2D eigenvalue weighted by atomic mass is 10.0. The van der Waals surface area contributed by atoms with Gasteiger partial charge in [-0.1, -0.05) is 40.9 Å². The molecule has 224 valence electrons. The summed E-state index contributed by atoms with van der Waals surface area (Å²) in [7, 11) is -4.31. The van der Waals surface area contributed by atoms with Crippen molar-refractivity contribution in [1.29, 1.82) is 0 Å². The van der Waals surface area contributed by atoms with E-state index in [0.29, 0.717) is 39.1 Å². The summed E-state index contributed by atoms with van der Waals surface area (Å²) in [5, 5.41) is 24.1. The summed E-state index contributed by atoms with van der Waals surface area (Å²) in [4.78, 5) is 18.7. The number of sulfonamides is 1. The maximum absolute atomic E-state index is 13.6. The van der Waals surface area contributed by atoms with Crippen LogP contribution in [0.1, 0.15) is 24.8 Å². The number of aromatic hydroxyl groups is 1. The van der Waals surface area contributed by atoms with Gasteiger partial charge in [0.2, 0.25) is 0 Å². The molecular weight excluding hydrogens is 556 g/mol. The van der Waals surface area contributed by atoms with Gasteiger partial charge in [-0.25, -0.2) is 13.2 Å². The van der Waals surface area contributed by atoms with Crippen molar-refractivity contribution < 1.29 is 47.2 Å². The number of carbonyl (C=O) groups excluding carboxylic acids is 1. The zero-order chi connectivity index (χ0) is 28.8. The molecule has 1 amide bonds. The number of nitrogens with zero attached hydrogens (tertiary/aromatic N) is 1. The zero-order valence-electron chi connectivity index (χ0n) is 22.5. The Morgan fingerprint density at radius 1 is 1.05 bits per heavy atom. The van der Waals surface area contributed by atoms with Gasteiger partial charge in [-0.2, -0.15) is 0 Å². The van der Waals surface area contributed by atoms with Gasteiger partial charge < -0.3 is 34.5 Å². The van der Waals surface area contributed by atoms with Gasteiger partial charge in [0.15, 0.2) is 6.29 Å². The highest BCUT2D eigenvalue weighted by Crippen LogP contribution is 2.33. The quantitative estimate of drug-likeness (QED) is 0.330. The van der Waals surface area contributed by atoms with Crippen molar-refractivity contribution in [2.45, 2.75) is 61.2 Å². The molecule has 2 aromatic rings.